The Bertz CT molecular complexity index is 335. The van der Waals surface area contributed by atoms with Gasteiger partial charge in [-0.3, -0.25) is 4.90 Å². The van der Waals surface area contributed by atoms with Gasteiger partial charge in [-0.15, -0.1) is 0 Å². The second-order valence-corrected chi connectivity index (χ2v) is 8.57. The van der Waals surface area contributed by atoms with E-state index in [0.717, 1.165) is 13.0 Å². The van der Waals surface area contributed by atoms with Crippen LogP contribution in [0.25, 0.3) is 0 Å². The topological polar surface area (TPSA) is 38.5 Å². The van der Waals surface area contributed by atoms with Gasteiger partial charge in [-0.25, -0.2) is 0 Å². The second-order valence-electron chi connectivity index (χ2n) is 7.46. The quantitative estimate of drug-likeness (QED) is 0.869. The van der Waals surface area contributed by atoms with Crippen LogP contribution in [0.2, 0.25) is 0 Å². The largest absolute Gasteiger partial charge is 0.374 e. The van der Waals surface area contributed by atoms with E-state index in [2.05, 4.69) is 18.7 Å². The number of nitrogens with two attached hydrogens (primary N) is 1. The molecule has 3 heterocycles. The van der Waals surface area contributed by atoms with Gasteiger partial charge in [-0.1, -0.05) is 0 Å². The number of hydrogen-bond donors (Lipinski definition) is 1. The van der Waals surface area contributed by atoms with Crippen LogP contribution in [0.3, 0.4) is 0 Å². The fourth-order valence-corrected chi connectivity index (χ4v) is 5.69. The third kappa shape index (κ3) is 2.77. The van der Waals surface area contributed by atoms with E-state index in [9.17, 15) is 0 Å². The second kappa shape index (κ2) is 5.79. The van der Waals surface area contributed by atoms with Crippen LogP contribution in [0.1, 0.15) is 46.0 Å². The molecule has 2 N–H and O–H groups in total. The van der Waals surface area contributed by atoms with E-state index in [1.807, 2.05) is 11.8 Å². The molecular formula is C16H30N2OS. The zero-order valence-corrected chi connectivity index (χ0v) is 13.9. The van der Waals surface area contributed by atoms with Gasteiger partial charge in [0.15, 0.2) is 0 Å². The lowest BCUT2D eigenvalue weighted by molar-refractivity contribution is -0.0913. The third-order valence-electron chi connectivity index (χ3n) is 5.84. The Hall–Kier alpha value is 0.230. The molecule has 3 aliphatic heterocycles. The number of nitrogens with zero attached hydrogens (tertiary/aromatic N) is 1. The van der Waals surface area contributed by atoms with Crippen molar-refractivity contribution >= 4 is 11.8 Å². The Morgan fingerprint density at radius 2 is 2.10 bits per heavy atom. The van der Waals surface area contributed by atoms with Crippen LogP contribution in [-0.4, -0.2) is 53.3 Å². The molecule has 20 heavy (non-hydrogen) atoms. The summed E-state index contributed by atoms with van der Waals surface area (Å²) in [4.78, 5) is 2.61. The molecular weight excluding hydrogens is 268 g/mol. The average Bonchev–Trinajstić information content (AvgIpc) is 3.10. The van der Waals surface area contributed by atoms with E-state index in [-0.39, 0.29) is 17.2 Å². The van der Waals surface area contributed by atoms with E-state index in [4.69, 9.17) is 10.5 Å². The van der Waals surface area contributed by atoms with Crippen LogP contribution < -0.4 is 5.73 Å². The fraction of sp³-hybridized carbons (Fsp3) is 1.00. The Balaban J connectivity index is 1.67. The molecule has 0 amide bonds. The molecule has 4 heteroatoms. The zero-order valence-electron chi connectivity index (χ0n) is 13.1. The predicted molar refractivity (Wildman–Crippen MR) is 86.2 cm³/mol. The summed E-state index contributed by atoms with van der Waals surface area (Å²) in [5, 5.41) is 0. The molecule has 0 aromatic rings. The van der Waals surface area contributed by atoms with Gasteiger partial charge in [0.05, 0.1) is 5.60 Å². The Morgan fingerprint density at radius 1 is 1.35 bits per heavy atom. The highest BCUT2D eigenvalue weighted by Crippen LogP contribution is 2.43. The van der Waals surface area contributed by atoms with E-state index in [1.165, 1.54) is 50.3 Å². The molecule has 116 valence electrons. The molecule has 3 atom stereocenters. The molecule has 0 radical (unpaired) electrons. The maximum atomic E-state index is 6.75. The van der Waals surface area contributed by atoms with Crippen LogP contribution in [0, 0.1) is 5.92 Å². The summed E-state index contributed by atoms with van der Waals surface area (Å²) in [6, 6.07) is 0.270. The summed E-state index contributed by atoms with van der Waals surface area (Å²) in [6.07, 6.45) is 6.23. The molecule has 0 aromatic carbocycles. The van der Waals surface area contributed by atoms with Gasteiger partial charge in [-0.05, 0) is 70.7 Å². The predicted octanol–water partition coefficient (Wildman–Crippen LogP) is 2.49. The first-order valence-electron chi connectivity index (χ1n) is 8.26. The number of ether oxygens (including phenoxy) is 1. The summed E-state index contributed by atoms with van der Waals surface area (Å²) in [5.74, 6) is 3.07. The molecule has 1 spiro atoms. The normalized spacial score (nSPS) is 37.6. The number of likely N-dealkylation sites (tertiary alicyclic amines) is 1. The maximum Gasteiger partial charge on any atom is 0.0783 e. The van der Waals surface area contributed by atoms with Crippen molar-refractivity contribution in [3.63, 3.8) is 0 Å². The van der Waals surface area contributed by atoms with Crippen molar-refractivity contribution < 1.29 is 4.74 Å². The highest BCUT2D eigenvalue weighted by Gasteiger charge is 2.46. The van der Waals surface area contributed by atoms with Gasteiger partial charge in [0.25, 0.3) is 0 Å². The minimum Gasteiger partial charge on any atom is -0.374 e. The average molecular weight is 298 g/mol. The van der Waals surface area contributed by atoms with E-state index in [1.54, 1.807) is 0 Å². The molecule has 3 nitrogen and oxygen atoms in total. The minimum atomic E-state index is 0.130. The SMILES string of the molecule is CC(C)(C(N)C1CCOC2(CCSC2)C1)N1CCCC1. The molecule has 3 saturated heterocycles. The first kappa shape index (κ1) is 15.1. The van der Waals surface area contributed by atoms with Crippen LogP contribution in [0.4, 0.5) is 0 Å². The number of thioether (sulfide) groups is 1. The van der Waals surface area contributed by atoms with Crippen LogP contribution in [0.15, 0.2) is 0 Å². The molecule has 3 unspecified atom stereocenters. The fourth-order valence-electron chi connectivity index (χ4n) is 4.32. The first-order chi connectivity index (χ1) is 9.54. The Labute approximate surface area is 128 Å². The van der Waals surface area contributed by atoms with Crippen molar-refractivity contribution in [2.75, 3.05) is 31.2 Å². The van der Waals surface area contributed by atoms with Crippen molar-refractivity contribution in [2.45, 2.75) is 63.1 Å². The number of hydrogen-bond acceptors (Lipinski definition) is 4. The highest BCUT2D eigenvalue weighted by atomic mass is 32.2. The van der Waals surface area contributed by atoms with Gasteiger partial charge < -0.3 is 10.5 Å². The summed E-state index contributed by atoms with van der Waals surface area (Å²) in [7, 11) is 0. The summed E-state index contributed by atoms with van der Waals surface area (Å²) in [5.41, 5.74) is 7.04. The Morgan fingerprint density at radius 3 is 2.75 bits per heavy atom. The van der Waals surface area contributed by atoms with E-state index < -0.39 is 0 Å². The summed E-state index contributed by atoms with van der Waals surface area (Å²) in [6.45, 7) is 8.08. The molecule has 0 aromatic heterocycles. The standard InChI is InChI=1S/C16H30N2OS/c1-15(2,18-7-3-4-8-18)14(17)13-5-9-19-16(11-13)6-10-20-12-16/h13-14H,3-12,17H2,1-2H3. The van der Waals surface area contributed by atoms with Gasteiger partial charge in [-0.2, -0.15) is 11.8 Å². The monoisotopic (exact) mass is 298 g/mol. The Kier molecular flexibility index (Phi) is 4.38. The minimum absolute atomic E-state index is 0.130. The van der Waals surface area contributed by atoms with Crippen molar-refractivity contribution in [3.05, 3.63) is 0 Å². The number of rotatable bonds is 3. The molecule has 3 aliphatic rings. The maximum absolute atomic E-state index is 6.75. The van der Waals surface area contributed by atoms with Crippen molar-refractivity contribution in [2.24, 2.45) is 11.7 Å². The molecule has 3 rings (SSSR count). The lowest BCUT2D eigenvalue weighted by Crippen LogP contribution is -2.60. The molecule has 3 fully saturated rings. The smallest absolute Gasteiger partial charge is 0.0783 e. The van der Waals surface area contributed by atoms with E-state index in [0.29, 0.717) is 5.92 Å². The lowest BCUT2D eigenvalue weighted by Gasteiger charge is -2.47. The van der Waals surface area contributed by atoms with Crippen LogP contribution >= 0.6 is 11.8 Å². The van der Waals surface area contributed by atoms with E-state index >= 15 is 0 Å². The van der Waals surface area contributed by atoms with Crippen LogP contribution in [0.5, 0.6) is 0 Å². The van der Waals surface area contributed by atoms with Gasteiger partial charge in [0.1, 0.15) is 0 Å². The summed E-state index contributed by atoms with van der Waals surface area (Å²) < 4.78 is 6.15. The molecule has 0 bridgehead atoms. The highest BCUT2D eigenvalue weighted by molar-refractivity contribution is 7.99. The molecule has 0 aliphatic carbocycles. The van der Waals surface area contributed by atoms with Gasteiger partial charge in [0, 0.05) is 23.9 Å². The van der Waals surface area contributed by atoms with Gasteiger partial charge >= 0.3 is 0 Å². The third-order valence-corrected chi connectivity index (χ3v) is 7.07. The summed E-state index contributed by atoms with van der Waals surface area (Å²) >= 11 is 2.05. The lowest BCUT2D eigenvalue weighted by atomic mass is 9.75. The first-order valence-corrected chi connectivity index (χ1v) is 9.41. The van der Waals surface area contributed by atoms with Crippen molar-refractivity contribution in [1.29, 1.82) is 0 Å². The van der Waals surface area contributed by atoms with Gasteiger partial charge in [0.2, 0.25) is 0 Å². The zero-order chi connectivity index (χ0) is 14.2. The van der Waals surface area contributed by atoms with Crippen molar-refractivity contribution in [3.8, 4) is 0 Å². The van der Waals surface area contributed by atoms with Crippen LogP contribution in [-0.2, 0) is 4.74 Å². The van der Waals surface area contributed by atoms with Crippen molar-refractivity contribution in [1.82, 2.24) is 4.90 Å². The molecule has 0 saturated carbocycles.